The van der Waals surface area contributed by atoms with Crippen LogP contribution < -0.4 is 5.32 Å². The third-order valence-electron chi connectivity index (χ3n) is 3.00. The smallest absolute Gasteiger partial charge is 0.120 e. The fourth-order valence-corrected chi connectivity index (χ4v) is 2.36. The molecule has 0 aliphatic carbocycles. The van der Waals surface area contributed by atoms with Crippen LogP contribution in [0, 0.1) is 0 Å². The first-order valence-corrected chi connectivity index (χ1v) is 7.26. The van der Waals surface area contributed by atoms with Crippen molar-refractivity contribution in [2.75, 3.05) is 20.3 Å². The van der Waals surface area contributed by atoms with Gasteiger partial charge in [-0.05, 0) is 37.6 Å². The number of aliphatic hydroxyl groups is 1. The van der Waals surface area contributed by atoms with Crippen molar-refractivity contribution in [1.29, 1.82) is 0 Å². The predicted octanol–water partition coefficient (Wildman–Crippen LogP) is 2.59. The number of rotatable bonds is 8. The Hall–Kier alpha value is -0.620. The Morgan fingerprint density at radius 2 is 2.16 bits per heavy atom. The summed E-state index contributed by atoms with van der Waals surface area (Å²) in [5.41, 5.74) is 0.873. The van der Waals surface area contributed by atoms with Crippen LogP contribution in [-0.2, 0) is 4.74 Å². The molecule has 2 unspecified atom stereocenters. The van der Waals surface area contributed by atoms with Gasteiger partial charge >= 0.3 is 0 Å². The predicted molar refractivity (Wildman–Crippen MR) is 79.3 cm³/mol. The van der Waals surface area contributed by atoms with Gasteiger partial charge in [-0.3, -0.25) is 0 Å². The van der Waals surface area contributed by atoms with Crippen molar-refractivity contribution in [3.63, 3.8) is 0 Å². The lowest BCUT2D eigenvalue weighted by atomic mass is 10.0. The van der Waals surface area contributed by atoms with Gasteiger partial charge in [-0.1, -0.05) is 22.9 Å². The van der Waals surface area contributed by atoms with Gasteiger partial charge in [0, 0.05) is 23.2 Å². The summed E-state index contributed by atoms with van der Waals surface area (Å²) in [5, 5.41) is 22.8. The standard InChI is InChI=1S/C14H22BrNO3/c1-3-13(16-7-6-11(17)9-19-2)12-8-10(15)4-5-14(12)18/h4-5,8,11,13,16-18H,3,6-7,9H2,1-2H3. The number of hydrogen-bond donors (Lipinski definition) is 3. The van der Waals surface area contributed by atoms with E-state index in [4.69, 9.17) is 4.74 Å². The Labute approximate surface area is 122 Å². The summed E-state index contributed by atoms with van der Waals surface area (Å²) in [6.07, 6.45) is 1.04. The second-order valence-electron chi connectivity index (χ2n) is 4.52. The van der Waals surface area contributed by atoms with E-state index in [0.717, 1.165) is 16.5 Å². The van der Waals surface area contributed by atoms with E-state index in [1.807, 2.05) is 12.1 Å². The Morgan fingerprint density at radius 1 is 1.42 bits per heavy atom. The number of aromatic hydroxyl groups is 1. The minimum Gasteiger partial charge on any atom is -0.508 e. The molecule has 0 radical (unpaired) electrons. The summed E-state index contributed by atoms with van der Waals surface area (Å²) in [6, 6.07) is 5.49. The molecule has 108 valence electrons. The lowest BCUT2D eigenvalue weighted by molar-refractivity contribution is 0.0589. The minimum atomic E-state index is -0.453. The summed E-state index contributed by atoms with van der Waals surface area (Å²) >= 11 is 3.41. The van der Waals surface area contributed by atoms with Crippen LogP contribution in [-0.4, -0.2) is 36.6 Å². The molecule has 0 saturated carbocycles. The van der Waals surface area contributed by atoms with E-state index in [1.54, 1.807) is 13.2 Å². The number of halogens is 1. The number of phenolic OH excluding ortho intramolecular Hbond substituents is 1. The molecule has 0 bridgehead atoms. The Morgan fingerprint density at radius 3 is 2.79 bits per heavy atom. The van der Waals surface area contributed by atoms with Gasteiger partial charge in [0.15, 0.2) is 0 Å². The topological polar surface area (TPSA) is 61.7 Å². The van der Waals surface area contributed by atoms with E-state index in [1.165, 1.54) is 0 Å². The zero-order valence-corrected chi connectivity index (χ0v) is 13.0. The fraction of sp³-hybridized carbons (Fsp3) is 0.571. The highest BCUT2D eigenvalue weighted by Crippen LogP contribution is 2.29. The largest absolute Gasteiger partial charge is 0.508 e. The second kappa shape index (κ2) is 8.53. The minimum absolute atomic E-state index is 0.0762. The van der Waals surface area contributed by atoms with Crippen LogP contribution in [0.25, 0.3) is 0 Å². The molecule has 0 aromatic heterocycles. The van der Waals surface area contributed by atoms with Crippen LogP contribution in [0.1, 0.15) is 31.4 Å². The Bertz CT molecular complexity index is 387. The summed E-state index contributed by atoms with van der Waals surface area (Å²) in [5.74, 6) is 0.292. The lowest BCUT2D eigenvalue weighted by Crippen LogP contribution is -2.26. The molecule has 3 N–H and O–H groups in total. The van der Waals surface area contributed by atoms with Crippen molar-refractivity contribution in [3.05, 3.63) is 28.2 Å². The molecule has 0 amide bonds. The molecule has 1 aromatic carbocycles. The van der Waals surface area contributed by atoms with Gasteiger partial charge in [-0.15, -0.1) is 0 Å². The number of aliphatic hydroxyl groups excluding tert-OH is 1. The van der Waals surface area contributed by atoms with Gasteiger partial charge in [0.05, 0.1) is 12.7 Å². The SMILES string of the molecule is CCC(NCCC(O)COC)c1cc(Br)ccc1O. The number of benzene rings is 1. The molecule has 1 rings (SSSR count). The molecular formula is C14H22BrNO3. The van der Waals surface area contributed by atoms with Crippen LogP contribution in [0.2, 0.25) is 0 Å². The monoisotopic (exact) mass is 331 g/mol. The van der Waals surface area contributed by atoms with Crippen molar-refractivity contribution in [1.82, 2.24) is 5.32 Å². The molecule has 2 atom stereocenters. The van der Waals surface area contributed by atoms with E-state index in [2.05, 4.69) is 28.2 Å². The summed E-state index contributed by atoms with van der Waals surface area (Å²) in [4.78, 5) is 0. The fourth-order valence-electron chi connectivity index (χ4n) is 1.98. The molecule has 19 heavy (non-hydrogen) atoms. The van der Waals surface area contributed by atoms with Gasteiger partial charge in [0.25, 0.3) is 0 Å². The van der Waals surface area contributed by atoms with Crippen molar-refractivity contribution >= 4 is 15.9 Å². The van der Waals surface area contributed by atoms with Crippen molar-refractivity contribution in [2.45, 2.75) is 31.9 Å². The van der Waals surface area contributed by atoms with Crippen LogP contribution >= 0.6 is 15.9 Å². The maximum absolute atomic E-state index is 9.90. The van der Waals surface area contributed by atoms with Crippen LogP contribution in [0.15, 0.2) is 22.7 Å². The first-order chi connectivity index (χ1) is 9.08. The first kappa shape index (κ1) is 16.4. The van der Waals surface area contributed by atoms with Crippen LogP contribution in [0.5, 0.6) is 5.75 Å². The molecule has 4 nitrogen and oxygen atoms in total. The molecule has 1 aromatic rings. The average Bonchev–Trinajstić information content (AvgIpc) is 2.38. The summed E-state index contributed by atoms with van der Waals surface area (Å²) in [6.45, 7) is 3.08. The van der Waals surface area contributed by atoms with Crippen LogP contribution in [0.4, 0.5) is 0 Å². The molecule has 0 aliphatic heterocycles. The molecule has 0 heterocycles. The van der Waals surface area contributed by atoms with Gasteiger partial charge < -0.3 is 20.3 Å². The zero-order chi connectivity index (χ0) is 14.3. The van der Waals surface area contributed by atoms with Gasteiger partial charge in [0.1, 0.15) is 5.75 Å². The quantitative estimate of drug-likeness (QED) is 0.685. The highest BCUT2D eigenvalue weighted by molar-refractivity contribution is 9.10. The molecule has 0 aliphatic rings. The maximum atomic E-state index is 9.90. The average molecular weight is 332 g/mol. The Balaban J connectivity index is 2.56. The van der Waals surface area contributed by atoms with Gasteiger partial charge in [-0.25, -0.2) is 0 Å². The van der Waals surface area contributed by atoms with Crippen LogP contribution in [0.3, 0.4) is 0 Å². The lowest BCUT2D eigenvalue weighted by Gasteiger charge is -2.20. The van der Waals surface area contributed by atoms with E-state index in [9.17, 15) is 10.2 Å². The normalized spacial score (nSPS) is 14.3. The highest BCUT2D eigenvalue weighted by Gasteiger charge is 2.14. The van der Waals surface area contributed by atoms with Gasteiger partial charge in [0.2, 0.25) is 0 Å². The van der Waals surface area contributed by atoms with Gasteiger partial charge in [-0.2, -0.15) is 0 Å². The summed E-state index contributed by atoms with van der Waals surface area (Å²) in [7, 11) is 1.57. The first-order valence-electron chi connectivity index (χ1n) is 6.47. The van der Waals surface area contributed by atoms with Crippen molar-refractivity contribution in [3.8, 4) is 5.75 Å². The molecule has 0 saturated heterocycles. The number of hydrogen-bond acceptors (Lipinski definition) is 4. The zero-order valence-electron chi connectivity index (χ0n) is 11.4. The van der Waals surface area contributed by atoms with E-state index in [0.29, 0.717) is 25.3 Å². The van der Waals surface area contributed by atoms with Crippen molar-refractivity contribution in [2.24, 2.45) is 0 Å². The van der Waals surface area contributed by atoms with E-state index in [-0.39, 0.29) is 6.04 Å². The third-order valence-corrected chi connectivity index (χ3v) is 3.49. The molecular weight excluding hydrogens is 310 g/mol. The van der Waals surface area contributed by atoms with E-state index >= 15 is 0 Å². The third kappa shape index (κ3) is 5.48. The van der Waals surface area contributed by atoms with Crippen molar-refractivity contribution < 1.29 is 14.9 Å². The maximum Gasteiger partial charge on any atom is 0.120 e. The Kier molecular flexibility index (Phi) is 7.38. The molecule has 5 heteroatoms. The number of phenols is 1. The summed E-state index contributed by atoms with van der Waals surface area (Å²) < 4.78 is 5.83. The number of ether oxygens (including phenoxy) is 1. The molecule has 0 spiro atoms. The molecule has 0 fully saturated rings. The second-order valence-corrected chi connectivity index (χ2v) is 5.43. The van der Waals surface area contributed by atoms with E-state index < -0.39 is 6.10 Å². The number of nitrogens with one attached hydrogen (secondary N) is 1. The number of methoxy groups -OCH3 is 1. The highest BCUT2D eigenvalue weighted by atomic mass is 79.9.